The van der Waals surface area contributed by atoms with E-state index >= 15 is 0 Å². The second kappa shape index (κ2) is 22.6. The smallest absolute Gasteiger partial charge is 0.409 e. The fraction of sp³-hybridized carbons (Fsp3) is 0.632. The second-order valence-corrected chi connectivity index (χ2v) is 12.2. The number of benzene rings is 2. The molecule has 0 fully saturated rings. The summed E-state index contributed by atoms with van der Waals surface area (Å²) < 4.78 is 22.1. The van der Waals surface area contributed by atoms with Crippen LogP contribution in [0.5, 0.6) is 0 Å². The van der Waals surface area contributed by atoms with Crippen LogP contribution in [0.25, 0.3) is 11.1 Å². The zero-order valence-corrected chi connectivity index (χ0v) is 27.9. The van der Waals surface area contributed by atoms with E-state index in [4.69, 9.17) is 18.9 Å². The van der Waals surface area contributed by atoms with Gasteiger partial charge in [0.1, 0.15) is 13.2 Å². The molecule has 1 aliphatic rings. The second-order valence-electron chi connectivity index (χ2n) is 12.2. The molecule has 0 saturated carbocycles. The molecule has 2 aromatic rings. The first kappa shape index (κ1) is 36.6. The van der Waals surface area contributed by atoms with Crippen LogP contribution in [0.2, 0.25) is 0 Å². The molecule has 7 heteroatoms. The largest absolute Gasteiger partial charge is 0.463 e. The molecule has 0 unspecified atom stereocenters. The number of hydrogen-bond acceptors (Lipinski definition) is 6. The summed E-state index contributed by atoms with van der Waals surface area (Å²) in [6.45, 7) is 4.81. The maximum absolute atomic E-state index is 12.6. The van der Waals surface area contributed by atoms with E-state index in [-0.39, 0.29) is 24.6 Å². The van der Waals surface area contributed by atoms with Gasteiger partial charge in [0, 0.05) is 25.9 Å². The highest BCUT2D eigenvalue weighted by Gasteiger charge is 2.29. The van der Waals surface area contributed by atoms with Gasteiger partial charge in [0.15, 0.2) is 0 Å². The monoisotopic (exact) mass is 623 g/mol. The fourth-order valence-corrected chi connectivity index (χ4v) is 5.89. The van der Waals surface area contributed by atoms with Gasteiger partial charge in [-0.2, -0.15) is 0 Å². The van der Waals surface area contributed by atoms with Crippen molar-refractivity contribution in [2.75, 3.05) is 53.2 Å². The Kier molecular flexibility index (Phi) is 18.3. The molecular weight excluding hydrogens is 566 g/mol. The lowest BCUT2D eigenvalue weighted by Crippen LogP contribution is -2.32. The summed E-state index contributed by atoms with van der Waals surface area (Å²) in [6, 6.07) is 16.6. The number of nitrogens with zero attached hydrogens (tertiary/aromatic N) is 1. The highest BCUT2D eigenvalue weighted by molar-refractivity contribution is 5.79. The number of likely N-dealkylation sites (N-methyl/N-ethyl adjacent to an activating group) is 1. The van der Waals surface area contributed by atoms with Crippen LogP contribution >= 0.6 is 0 Å². The number of ether oxygens (including phenoxy) is 4. The van der Waals surface area contributed by atoms with Gasteiger partial charge in [-0.3, -0.25) is 4.79 Å². The first-order valence-corrected chi connectivity index (χ1v) is 17.5. The molecule has 0 bridgehead atoms. The zero-order chi connectivity index (χ0) is 32.0. The SMILES string of the molecule is CCCCCCCCCCCCCCCC(=O)OCCOCCOCCN(C)C(=O)OCC1c2ccccc2-c2ccccc21. The molecule has 250 valence electrons. The van der Waals surface area contributed by atoms with Crippen molar-refractivity contribution in [3.8, 4) is 11.1 Å². The minimum absolute atomic E-state index is 0.0432. The summed E-state index contributed by atoms with van der Waals surface area (Å²) in [7, 11) is 1.71. The molecule has 0 spiro atoms. The van der Waals surface area contributed by atoms with Crippen LogP contribution in [0.3, 0.4) is 0 Å². The summed E-state index contributed by atoms with van der Waals surface area (Å²) >= 11 is 0. The van der Waals surface area contributed by atoms with E-state index in [1.165, 1.54) is 97.8 Å². The molecule has 1 amide bonds. The quantitative estimate of drug-likeness (QED) is 0.0812. The lowest BCUT2D eigenvalue weighted by Gasteiger charge is -2.19. The number of unbranched alkanes of at least 4 members (excludes halogenated alkanes) is 12. The number of fused-ring (bicyclic) bond motifs is 3. The van der Waals surface area contributed by atoms with Crippen LogP contribution < -0.4 is 0 Å². The summed E-state index contributed by atoms with van der Waals surface area (Å²) in [5.41, 5.74) is 4.81. The summed E-state index contributed by atoms with van der Waals surface area (Å²) in [5, 5.41) is 0. The Morgan fingerprint density at radius 2 is 1.11 bits per heavy atom. The van der Waals surface area contributed by atoms with E-state index in [0.29, 0.717) is 46.0 Å². The lowest BCUT2D eigenvalue weighted by molar-refractivity contribution is -0.145. The van der Waals surface area contributed by atoms with Crippen LogP contribution in [0.15, 0.2) is 48.5 Å². The van der Waals surface area contributed by atoms with Gasteiger partial charge in [-0.05, 0) is 28.7 Å². The Hall–Kier alpha value is -2.90. The van der Waals surface area contributed by atoms with Crippen LogP contribution in [-0.4, -0.2) is 70.2 Å². The summed E-state index contributed by atoms with van der Waals surface area (Å²) in [4.78, 5) is 26.0. The van der Waals surface area contributed by atoms with E-state index < -0.39 is 0 Å². The molecule has 3 rings (SSSR count). The first-order valence-electron chi connectivity index (χ1n) is 17.5. The molecule has 0 aromatic heterocycles. The number of amides is 1. The van der Waals surface area contributed by atoms with Crippen molar-refractivity contribution in [3.63, 3.8) is 0 Å². The molecular formula is C38H57NO6. The van der Waals surface area contributed by atoms with E-state index in [9.17, 15) is 9.59 Å². The Bertz CT molecular complexity index is 1060. The number of hydrogen-bond donors (Lipinski definition) is 0. The highest BCUT2D eigenvalue weighted by atomic mass is 16.6. The third kappa shape index (κ3) is 14.0. The van der Waals surface area contributed by atoms with Gasteiger partial charge in [-0.25, -0.2) is 4.79 Å². The van der Waals surface area contributed by atoms with Crippen molar-refractivity contribution in [2.45, 2.75) is 103 Å². The Balaban J connectivity index is 1.09. The predicted molar refractivity (Wildman–Crippen MR) is 181 cm³/mol. The summed E-state index contributed by atoms with van der Waals surface area (Å²) in [5.74, 6) is -0.101. The van der Waals surface area contributed by atoms with Gasteiger partial charge in [0.05, 0.1) is 26.4 Å². The van der Waals surface area contributed by atoms with Crippen LogP contribution in [-0.2, 0) is 23.7 Å². The normalized spacial score (nSPS) is 12.1. The highest BCUT2D eigenvalue weighted by Crippen LogP contribution is 2.44. The third-order valence-corrected chi connectivity index (χ3v) is 8.57. The topological polar surface area (TPSA) is 74.3 Å². The number of carbonyl (C=O) groups is 2. The summed E-state index contributed by atoms with van der Waals surface area (Å²) in [6.07, 6.45) is 16.9. The van der Waals surface area contributed by atoms with Crippen molar-refractivity contribution in [3.05, 3.63) is 59.7 Å². The molecule has 0 N–H and O–H groups in total. The van der Waals surface area contributed by atoms with Crippen LogP contribution in [0.4, 0.5) is 4.79 Å². The fourth-order valence-electron chi connectivity index (χ4n) is 5.89. The van der Waals surface area contributed by atoms with Crippen LogP contribution in [0, 0.1) is 0 Å². The molecule has 0 saturated heterocycles. The van der Waals surface area contributed by atoms with Crippen molar-refractivity contribution >= 4 is 12.1 Å². The minimum Gasteiger partial charge on any atom is -0.463 e. The maximum Gasteiger partial charge on any atom is 0.409 e. The van der Waals surface area contributed by atoms with Gasteiger partial charge < -0.3 is 23.8 Å². The number of rotatable bonds is 25. The van der Waals surface area contributed by atoms with Crippen molar-refractivity contribution < 1.29 is 28.5 Å². The number of carbonyl (C=O) groups excluding carboxylic acids is 2. The van der Waals surface area contributed by atoms with E-state index in [0.717, 1.165) is 12.8 Å². The molecule has 45 heavy (non-hydrogen) atoms. The molecule has 2 aromatic carbocycles. The van der Waals surface area contributed by atoms with E-state index in [1.807, 2.05) is 24.3 Å². The number of esters is 1. The molecule has 0 aliphatic heterocycles. The molecule has 0 atom stereocenters. The lowest BCUT2D eigenvalue weighted by atomic mass is 9.98. The standard InChI is InChI=1S/C38H57NO6/c1-3-4-5-6-7-8-9-10-11-12-13-14-15-24-37(40)44-30-29-43-28-27-42-26-25-39(2)38(41)45-31-36-34-22-18-16-20-32(34)33-21-17-19-23-35(33)36/h16-23,36H,3-15,24-31H2,1-2H3. The minimum atomic E-state index is -0.364. The van der Waals surface area contributed by atoms with Crippen molar-refractivity contribution in [1.29, 1.82) is 0 Å². The van der Waals surface area contributed by atoms with Gasteiger partial charge in [-0.15, -0.1) is 0 Å². The molecule has 0 heterocycles. The van der Waals surface area contributed by atoms with Crippen molar-refractivity contribution in [1.82, 2.24) is 4.90 Å². The van der Waals surface area contributed by atoms with E-state index in [2.05, 4.69) is 31.2 Å². The Morgan fingerprint density at radius 1 is 0.622 bits per heavy atom. The molecule has 0 radical (unpaired) electrons. The van der Waals surface area contributed by atoms with Crippen LogP contribution in [0.1, 0.15) is 114 Å². The maximum atomic E-state index is 12.6. The van der Waals surface area contributed by atoms with Gasteiger partial charge in [0.2, 0.25) is 0 Å². The Labute approximate surface area is 272 Å². The predicted octanol–water partition coefficient (Wildman–Crippen LogP) is 8.93. The van der Waals surface area contributed by atoms with Gasteiger partial charge in [-0.1, -0.05) is 133 Å². The van der Waals surface area contributed by atoms with Crippen molar-refractivity contribution in [2.24, 2.45) is 0 Å². The molecule has 7 nitrogen and oxygen atoms in total. The Morgan fingerprint density at radius 3 is 1.69 bits per heavy atom. The van der Waals surface area contributed by atoms with Gasteiger partial charge >= 0.3 is 12.1 Å². The average molecular weight is 624 g/mol. The average Bonchev–Trinajstić information content (AvgIpc) is 3.38. The third-order valence-electron chi connectivity index (χ3n) is 8.57. The van der Waals surface area contributed by atoms with Gasteiger partial charge in [0.25, 0.3) is 0 Å². The first-order chi connectivity index (χ1) is 22.1. The van der Waals surface area contributed by atoms with E-state index in [1.54, 1.807) is 7.05 Å². The zero-order valence-electron chi connectivity index (χ0n) is 27.9. The molecule has 1 aliphatic carbocycles.